The predicted octanol–water partition coefficient (Wildman–Crippen LogP) is 2.83. The van der Waals surface area contributed by atoms with Gasteiger partial charge in [-0.3, -0.25) is 29.8 Å². The highest BCUT2D eigenvalue weighted by atomic mass is 16.6. The zero-order valence-electron chi connectivity index (χ0n) is 17.2. The second kappa shape index (κ2) is 10.8. The lowest BCUT2D eigenvalue weighted by atomic mass is 10.1. The number of hydrogen-bond donors (Lipinski definition) is 2. The van der Waals surface area contributed by atoms with Crippen molar-refractivity contribution in [3.05, 3.63) is 73.8 Å². The van der Waals surface area contributed by atoms with Crippen molar-refractivity contribution in [2.75, 3.05) is 31.5 Å². The summed E-state index contributed by atoms with van der Waals surface area (Å²) in [4.78, 5) is 47.2. The second-order valence-corrected chi connectivity index (χ2v) is 6.53. The Morgan fingerprint density at radius 1 is 0.935 bits per heavy atom. The molecule has 0 bridgehead atoms. The number of carbonyl (C=O) groups is 2. The maximum atomic E-state index is 12.4. The molecule has 0 heterocycles. The third-order valence-corrected chi connectivity index (χ3v) is 4.65. The van der Waals surface area contributed by atoms with Crippen molar-refractivity contribution in [1.82, 2.24) is 10.2 Å². The molecule has 0 saturated heterocycles. The lowest BCUT2D eigenvalue weighted by Crippen LogP contribution is -2.34. The molecule has 0 atom stereocenters. The third-order valence-electron chi connectivity index (χ3n) is 4.65. The molecule has 2 rings (SSSR count). The quantitative estimate of drug-likeness (QED) is 0.436. The van der Waals surface area contributed by atoms with Crippen molar-refractivity contribution in [3.63, 3.8) is 0 Å². The van der Waals surface area contributed by atoms with Crippen LogP contribution < -0.4 is 10.6 Å². The standard InChI is InChI=1S/C20H23N5O6/c1-3-23(4-2)12-11-21-19(26)14-5-7-15(8-6-14)22-20(27)17-10-9-16(24(28)29)13-18(17)25(30)31/h5-10,13H,3-4,11-12H2,1-2H3,(H,21,26)(H,22,27). The van der Waals surface area contributed by atoms with E-state index in [1.165, 1.54) is 24.3 Å². The lowest BCUT2D eigenvalue weighted by Gasteiger charge is -2.18. The first-order valence-electron chi connectivity index (χ1n) is 9.61. The van der Waals surface area contributed by atoms with Gasteiger partial charge in [-0.2, -0.15) is 0 Å². The van der Waals surface area contributed by atoms with Crippen molar-refractivity contribution < 1.29 is 19.4 Å². The van der Waals surface area contributed by atoms with E-state index < -0.39 is 27.1 Å². The van der Waals surface area contributed by atoms with Gasteiger partial charge in [0.2, 0.25) is 0 Å². The predicted molar refractivity (Wildman–Crippen MR) is 114 cm³/mol. The van der Waals surface area contributed by atoms with Crippen LogP contribution in [0.3, 0.4) is 0 Å². The van der Waals surface area contributed by atoms with Gasteiger partial charge in [0.15, 0.2) is 0 Å². The van der Waals surface area contributed by atoms with Crippen molar-refractivity contribution >= 4 is 28.9 Å². The molecule has 2 aromatic carbocycles. The minimum absolute atomic E-state index is 0.254. The third kappa shape index (κ3) is 6.31. The molecule has 11 nitrogen and oxygen atoms in total. The van der Waals surface area contributed by atoms with Gasteiger partial charge in [-0.05, 0) is 43.4 Å². The van der Waals surface area contributed by atoms with E-state index in [-0.39, 0.29) is 11.5 Å². The summed E-state index contributed by atoms with van der Waals surface area (Å²) in [7, 11) is 0. The number of nitrogens with zero attached hydrogens (tertiary/aromatic N) is 3. The van der Waals surface area contributed by atoms with Crippen molar-refractivity contribution in [2.24, 2.45) is 0 Å². The molecule has 11 heteroatoms. The fraction of sp³-hybridized carbons (Fsp3) is 0.300. The maximum Gasteiger partial charge on any atom is 0.289 e. The van der Waals surface area contributed by atoms with E-state index in [0.29, 0.717) is 17.8 Å². The molecule has 0 unspecified atom stereocenters. The molecule has 2 N–H and O–H groups in total. The van der Waals surface area contributed by atoms with Crippen LogP contribution >= 0.6 is 0 Å². The van der Waals surface area contributed by atoms with Gasteiger partial charge in [-0.1, -0.05) is 13.8 Å². The minimum Gasteiger partial charge on any atom is -0.351 e. The van der Waals surface area contributed by atoms with Crippen LogP contribution in [0, 0.1) is 20.2 Å². The number of nitrogens with one attached hydrogen (secondary N) is 2. The summed E-state index contributed by atoms with van der Waals surface area (Å²) < 4.78 is 0. The summed E-state index contributed by atoms with van der Waals surface area (Å²) in [5.74, 6) is -1.05. The van der Waals surface area contributed by atoms with Crippen molar-refractivity contribution in [1.29, 1.82) is 0 Å². The molecular weight excluding hydrogens is 406 g/mol. The lowest BCUT2D eigenvalue weighted by molar-refractivity contribution is -0.394. The summed E-state index contributed by atoms with van der Waals surface area (Å²) in [6, 6.07) is 8.82. The number of rotatable bonds is 10. The second-order valence-electron chi connectivity index (χ2n) is 6.53. The zero-order chi connectivity index (χ0) is 23.0. The van der Waals surface area contributed by atoms with Crippen LogP contribution in [0.15, 0.2) is 42.5 Å². The highest BCUT2D eigenvalue weighted by Gasteiger charge is 2.24. The Bertz CT molecular complexity index is 973. The molecule has 0 spiro atoms. The Morgan fingerprint density at radius 3 is 2.13 bits per heavy atom. The number of nitro groups is 2. The molecule has 0 aliphatic heterocycles. The van der Waals surface area contributed by atoms with Gasteiger partial charge in [0.1, 0.15) is 5.56 Å². The van der Waals surface area contributed by atoms with Gasteiger partial charge in [0.25, 0.3) is 23.2 Å². The Labute approximate surface area is 178 Å². The Kier molecular flexibility index (Phi) is 8.15. The van der Waals surface area contributed by atoms with Crippen LogP contribution in [0.1, 0.15) is 34.6 Å². The first-order chi connectivity index (χ1) is 14.8. The van der Waals surface area contributed by atoms with Crippen LogP contribution in [0.25, 0.3) is 0 Å². The topological polar surface area (TPSA) is 148 Å². The number of nitro benzene ring substituents is 2. The van der Waals surface area contributed by atoms with Crippen LogP contribution in [0.4, 0.5) is 17.1 Å². The van der Waals surface area contributed by atoms with Gasteiger partial charge >= 0.3 is 0 Å². The summed E-state index contributed by atoms with van der Waals surface area (Å²) in [6.07, 6.45) is 0. The monoisotopic (exact) mass is 429 g/mol. The summed E-state index contributed by atoms with van der Waals surface area (Å²) in [6.45, 7) is 7.12. The van der Waals surface area contributed by atoms with E-state index in [9.17, 15) is 29.8 Å². The number of amides is 2. The SMILES string of the molecule is CCN(CC)CCNC(=O)c1ccc(NC(=O)c2ccc([N+](=O)[O-])cc2[N+](=O)[O-])cc1. The van der Waals surface area contributed by atoms with Gasteiger partial charge in [0.05, 0.1) is 15.9 Å². The molecule has 0 aliphatic rings. The summed E-state index contributed by atoms with van der Waals surface area (Å²) >= 11 is 0. The number of anilines is 1. The van der Waals surface area contributed by atoms with Crippen LogP contribution in [0.5, 0.6) is 0 Å². The van der Waals surface area contributed by atoms with Crippen LogP contribution in [-0.2, 0) is 0 Å². The van der Waals surface area contributed by atoms with Gasteiger partial charge < -0.3 is 15.5 Å². The molecule has 2 aromatic rings. The highest BCUT2D eigenvalue weighted by Crippen LogP contribution is 2.25. The van der Waals surface area contributed by atoms with E-state index in [2.05, 4.69) is 15.5 Å². The molecule has 31 heavy (non-hydrogen) atoms. The highest BCUT2D eigenvalue weighted by molar-refractivity contribution is 6.07. The first kappa shape index (κ1) is 23.4. The van der Waals surface area contributed by atoms with Crippen molar-refractivity contribution in [2.45, 2.75) is 13.8 Å². The zero-order valence-corrected chi connectivity index (χ0v) is 17.2. The molecule has 0 saturated carbocycles. The fourth-order valence-corrected chi connectivity index (χ4v) is 2.85. The number of benzene rings is 2. The normalized spacial score (nSPS) is 10.5. The first-order valence-corrected chi connectivity index (χ1v) is 9.61. The molecule has 0 aromatic heterocycles. The summed E-state index contributed by atoms with van der Waals surface area (Å²) in [5, 5.41) is 27.3. The van der Waals surface area contributed by atoms with Gasteiger partial charge in [-0.25, -0.2) is 0 Å². The molecule has 0 fully saturated rings. The molecule has 2 amide bonds. The molecule has 0 aliphatic carbocycles. The number of non-ortho nitro benzene ring substituents is 1. The molecule has 164 valence electrons. The van der Waals surface area contributed by atoms with Gasteiger partial charge in [0, 0.05) is 30.4 Å². The van der Waals surface area contributed by atoms with E-state index >= 15 is 0 Å². The smallest absolute Gasteiger partial charge is 0.289 e. The van der Waals surface area contributed by atoms with Crippen molar-refractivity contribution in [3.8, 4) is 0 Å². The fourth-order valence-electron chi connectivity index (χ4n) is 2.85. The van der Waals surface area contributed by atoms with Crippen LogP contribution in [0.2, 0.25) is 0 Å². The number of likely N-dealkylation sites (N-methyl/N-ethyl adjacent to an activating group) is 1. The average Bonchev–Trinajstić information content (AvgIpc) is 2.76. The van der Waals surface area contributed by atoms with Crippen LogP contribution in [-0.4, -0.2) is 52.7 Å². The number of hydrogen-bond acceptors (Lipinski definition) is 7. The number of carbonyl (C=O) groups excluding carboxylic acids is 2. The van der Waals surface area contributed by atoms with Gasteiger partial charge in [-0.15, -0.1) is 0 Å². The Morgan fingerprint density at radius 2 is 1.58 bits per heavy atom. The largest absolute Gasteiger partial charge is 0.351 e. The minimum atomic E-state index is -0.854. The Balaban J connectivity index is 2.04. The van der Waals surface area contributed by atoms with E-state index in [1.807, 2.05) is 13.8 Å². The molecular formula is C20H23N5O6. The summed E-state index contributed by atoms with van der Waals surface area (Å²) in [5.41, 5.74) is -0.750. The van der Waals surface area contributed by atoms with E-state index in [1.54, 1.807) is 0 Å². The maximum absolute atomic E-state index is 12.4. The molecule has 0 radical (unpaired) electrons. The van der Waals surface area contributed by atoms with E-state index in [0.717, 1.165) is 37.8 Å². The van der Waals surface area contributed by atoms with E-state index in [4.69, 9.17) is 0 Å². The Hall–Kier alpha value is -3.86. The average molecular weight is 429 g/mol.